The van der Waals surface area contributed by atoms with E-state index in [4.69, 9.17) is 10.5 Å². The summed E-state index contributed by atoms with van der Waals surface area (Å²) in [5, 5.41) is 4.10. The molecule has 0 fully saturated rings. The number of methoxy groups -OCH3 is 1. The molecule has 2 rings (SSSR count). The molecule has 7 nitrogen and oxygen atoms in total. The molecule has 0 saturated carbocycles. The summed E-state index contributed by atoms with van der Waals surface area (Å²) in [5.41, 5.74) is 6.06. The SMILES string of the molecule is COc1ccccc1-n1cc(S(=O)(=O)NCCCCN)cn1. The number of hydrogen-bond donors (Lipinski definition) is 2. The van der Waals surface area contributed by atoms with Gasteiger partial charge >= 0.3 is 0 Å². The highest BCUT2D eigenvalue weighted by molar-refractivity contribution is 7.89. The summed E-state index contributed by atoms with van der Waals surface area (Å²) >= 11 is 0. The third-order valence-corrected chi connectivity index (χ3v) is 4.54. The van der Waals surface area contributed by atoms with E-state index in [-0.39, 0.29) is 4.90 Å². The Hall–Kier alpha value is -1.90. The Balaban J connectivity index is 2.17. The second-order valence-electron chi connectivity index (χ2n) is 4.69. The molecular formula is C14H20N4O3S. The number of hydrogen-bond acceptors (Lipinski definition) is 5. The third kappa shape index (κ3) is 3.85. The van der Waals surface area contributed by atoms with Crippen molar-refractivity contribution in [3.05, 3.63) is 36.7 Å². The monoisotopic (exact) mass is 324 g/mol. The molecule has 3 N–H and O–H groups in total. The van der Waals surface area contributed by atoms with Crippen molar-refractivity contribution in [1.29, 1.82) is 0 Å². The van der Waals surface area contributed by atoms with Gasteiger partial charge in [-0.25, -0.2) is 17.8 Å². The Morgan fingerprint density at radius 3 is 2.82 bits per heavy atom. The van der Waals surface area contributed by atoms with Crippen LogP contribution in [0.2, 0.25) is 0 Å². The van der Waals surface area contributed by atoms with Crippen LogP contribution < -0.4 is 15.2 Å². The molecule has 0 aliphatic rings. The maximum absolute atomic E-state index is 12.2. The van der Waals surface area contributed by atoms with Crippen molar-refractivity contribution in [1.82, 2.24) is 14.5 Å². The Morgan fingerprint density at radius 1 is 1.32 bits per heavy atom. The second kappa shape index (κ2) is 7.39. The maximum Gasteiger partial charge on any atom is 0.243 e. The highest BCUT2D eigenvalue weighted by atomic mass is 32.2. The molecule has 0 aliphatic heterocycles. The highest BCUT2D eigenvalue weighted by Crippen LogP contribution is 2.22. The fourth-order valence-electron chi connectivity index (χ4n) is 1.96. The maximum atomic E-state index is 12.2. The fraction of sp³-hybridized carbons (Fsp3) is 0.357. The molecule has 0 atom stereocenters. The standard InChI is InChI=1S/C14H20N4O3S/c1-21-14-7-3-2-6-13(14)18-11-12(10-16-18)22(19,20)17-9-5-4-8-15/h2-3,6-7,10-11,17H,4-5,8-9,15H2,1H3. The van der Waals surface area contributed by atoms with Gasteiger partial charge in [-0.3, -0.25) is 0 Å². The molecule has 0 amide bonds. The number of nitrogens with two attached hydrogens (primary N) is 1. The Kier molecular flexibility index (Phi) is 5.53. The zero-order valence-electron chi connectivity index (χ0n) is 12.4. The largest absolute Gasteiger partial charge is 0.494 e. The van der Waals surface area contributed by atoms with Crippen LogP contribution in [-0.2, 0) is 10.0 Å². The molecule has 120 valence electrons. The molecule has 1 aromatic carbocycles. The van der Waals surface area contributed by atoms with Crippen LogP contribution in [0, 0.1) is 0 Å². The lowest BCUT2D eigenvalue weighted by molar-refractivity contribution is 0.411. The van der Waals surface area contributed by atoms with E-state index in [1.165, 1.54) is 17.1 Å². The predicted molar refractivity (Wildman–Crippen MR) is 83.6 cm³/mol. The molecule has 2 aromatic rings. The van der Waals surface area contributed by atoms with Crippen molar-refractivity contribution in [2.24, 2.45) is 5.73 Å². The van der Waals surface area contributed by atoms with E-state index in [0.717, 1.165) is 6.42 Å². The van der Waals surface area contributed by atoms with Gasteiger partial charge in [-0.05, 0) is 31.5 Å². The number of ether oxygens (including phenoxy) is 1. The highest BCUT2D eigenvalue weighted by Gasteiger charge is 2.17. The lowest BCUT2D eigenvalue weighted by Crippen LogP contribution is -2.24. The molecule has 1 aromatic heterocycles. The summed E-state index contributed by atoms with van der Waals surface area (Å²) in [6, 6.07) is 7.26. The molecule has 22 heavy (non-hydrogen) atoms. The average molecular weight is 324 g/mol. The van der Waals surface area contributed by atoms with E-state index in [1.807, 2.05) is 12.1 Å². The summed E-state index contributed by atoms with van der Waals surface area (Å²) in [7, 11) is -2.01. The summed E-state index contributed by atoms with van der Waals surface area (Å²) in [4.78, 5) is 0.117. The normalized spacial score (nSPS) is 11.5. The summed E-state index contributed by atoms with van der Waals surface area (Å²) in [5.74, 6) is 0.616. The zero-order valence-corrected chi connectivity index (χ0v) is 13.2. The molecule has 8 heteroatoms. The summed E-state index contributed by atoms with van der Waals surface area (Å²) < 4.78 is 33.6. The number of rotatable bonds is 8. The summed E-state index contributed by atoms with van der Waals surface area (Å²) in [6.45, 7) is 0.910. The zero-order chi connectivity index (χ0) is 16.0. The first-order valence-corrected chi connectivity index (χ1v) is 8.44. The van der Waals surface area contributed by atoms with E-state index in [0.29, 0.717) is 30.9 Å². The minimum atomic E-state index is -3.56. The van der Waals surface area contributed by atoms with Crippen molar-refractivity contribution >= 4 is 10.0 Å². The van der Waals surface area contributed by atoms with E-state index in [2.05, 4.69) is 9.82 Å². The van der Waals surface area contributed by atoms with Crippen LogP contribution in [0.4, 0.5) is 0 Å². The topological polar surface area (TPSA) is 99.2 Å². The Morgan fingerprint density at radius 2 is 2.09 bits per heavy atom. The first-order chi connectivity index (χ1) is 10.6. The van der Waals surface area contributed by atoms with Gasteiger partial charge in [-0.2, -0.15) is 5.10 Å². The minimum Gasteiger partial charge on any atom is -0.494 e. The predicted octanol–water partition coefficient (Wildman–Crippen LogP) is 0.898. The Labute approximate surface area is 130 Å². The molecule has 0 saturated heterocycles. The number of nitrogens with zero attached hydrogens (tertiary/aromatic N) is 2. The quantitative estimate of drug-likeness (QED) is 0.703. The van der Waals surface area contributed by atoms with Crippen molar-refractivity contribution in [3.63, 3.8) is 0 Å². The number of para-hydroxylation sites is 2. The van der Waals surface area contributed by atoms with Crippen LogP contribution in [0.25, 0.3) is 5.69 Å². The van der Waals surface area contributed by atoms with E-state index < -0.39 is 10.0 Å². The molecule has 0 radical (unpaired) electrons. The van der Waals surface area contributed by atoms with Gasteiger partial charge < -0.3 is 10.5 Å². The molecule has 0 unspecified atom stereocenters. The molecule has 0 bridgehead atoms. The van der Waals surface area contributed by atoms with Gasteiger partial charge in [-0.15, -0.1) is 0 Å². The van der Waals surface area contributed by atoms with Crippen molar-refractivity contribution < 1.29 is 13.2 Å². The number of aromatic nitrogens is 2. The van der Waals surface area contributed by atoms with Crippen molar-refractivity contribution in [2.45, 2.75) is 17.7 Å². The van der Waals surface area contributed by atoms with Crippen LogP contribution in [0.15, 0.2) is 41.6 Å². The number of unbranched alkanes of at least 4 members (excludes halogenated alkanes) is 1. The van der Waals surface area contributed by atoms with Gasteiger partial charge in [0.05, 0.1) is 19.5 Å². The van der Waals surface area contributed by atoms with Gasteiger partial charge in [0.15, 0.2) is 0 Å². The van der Waals surface area contributed by atoms with Crippen molar-refractivity contribution in [3.8, 4) is 11.4 Å². The number of benzene rings is 1. The van der Waals surface area contributed by atoms with Crippen molar-refractivity contribution in [2.75, 3.05) is 20.2 Å². The number of nitrogens with one attached hydrogen (secondary N) is 1. The van der Waals surface area contributed by atoms with Crippen LogP contribution in [0.3, 0.4) is 0 Å². The average Bonchev–Trinajstić information content (AvgIpc) is 3.02. The lowest BCUT2D eigenvalue weighted by atomic mass is 10.3. The second-order valence-corrected chi connectivity index (χ2v) is 6.45. The van der Waals surface area contributed by atoms with Crippen LogP contribution in [-0.4, -0.2) is 38.4 Å². The van der Waals surface area contributed by atoms with E-state index >= 15 is 0 Å². The third-order valence-electron chi connectivity index (χ3n) is 3.12. The van der Waals surface area contributed by atoms with Gasteiger partial charge in [0, 0.05) is 6.54 Å². The smallest absolute Gasteiger partial charge is 0.243 e. The van der Waals surface area contributed by atoms with Gasteiger partial charge in [0.2, 0.25) is 10.0 Å². The van der Waals surface area contributed by atoms with E-state index in [1.54, 1.807) is 19.2 Å². The van der Waals surface area contributed by atoms with Crippen LogP contribution in [0.1, 0.15) is 12.8 Å². The molecule has 0 spiro atoms. The summed E-state index contributed by atoms with van der Waals surface area (Å²) in [6.07, 6.45) is 4.26. The van der Waals surface area contributed by atoms with Gasteiger partial charge in [-0.1, -0.05) is 12.1 Å². The lowest BCUT2D eigenvalue weighted by Gasteiger charge is -2.07. The first-order valence-electron chi connectivity index (χ1n) is 6.96. The number of sulfonamides is 1. The first kappa shape index (κ1) is 16.5. The Bertz CT molecular complexity index is 712. The van der Waals surface area contributed by atoms with E-state index in [9.17, 15) is 8.42 Å². The van der Waals surface area contributed by atoms with Gasteiger partial charge in [0.1, 0.15) is 16.3 Å². The molecule has 0 aliphatic carbocycles. The molecule has 1 heterocycles. The molecular weight excluding hydrogens is 304 g/mol. The van der Waals surface area contributed by atoms with Crippen LogP contribution >= 0.6 is 0 Å². The minimum absolute atomic E-state index is 0.117. The fourth-order valence-corrected chi connectivity index (χ4v) is 2.96. The van der Waals surface area contributed by atoms with Gasteiger partial charge in [0.25, 0.3) is 0 Å². The van der Waals surface area contributed by atoms with Crippen LogP contribution in [0.5, 0.6) is 5.75 Å².